The van der Waals surface area contributed by atoms with Crippen LogP contribution in [-0.4, -0.2) is 27.4 Å². The second-order valence-electron chi connectivity index (χ2n) is 13.7. The number of aliphatic carboxylic acids is 1. The van der Waals surface area contributed by atoms with E-state index in [0.29, 0.717) is 29.4 Å². The van der Waals surface area contributed by atoms with Gasteiger partial charge in [-0.1, -0.05) is 90.5 Å². The lowest BCUT2D eigenvalue weighted by atomic mass is 9.52. The Morgan fingerprint density at radius 2 is 1.62 bits per heavy atom. The standard InChI is InChI=1S/C35H56O4/c1-3-4-5-11-14-25(34(38)39)15-12-9-7-6-8-10-13-16-26-23-27-24-28(36)17-18-29(27)30-21-22-35(2)31(33(26)30)19-20-32(35)37/h17-18,24-26,30-33,36-37H,3-16,19-23H2,1-2H3,(H,38,39)/t25?,26-,30?,31?,32+,33?,35+/m1/s1. The smallest absolute Gasteiger partial charge is 0.306 e. The van der Waals surface area contributed by atoms with Gasteiger partial charge in [0.2, 0.25) is 0 Å². The predicted octanol–water partition coefficient (Wildman–Crippen LogP) is 9.02. The van der Waals surface area contributed by atoms with Crippen LogP contribution >= 0.6 is 0 Å². The molecular weight excluding hydrogens is 484 g/mol. The van der Waals surface area contributed by atoms with Crippen LogP contribution in [-0.2, 0) is 11.2 Å². The topological polar surface area (TPSA) is 77.8 Å². The van der Waals surface area contributed by atoms with Gasteiger partial charge in [0.1, 0.15) is 5.75 Å². The van der Waals surface area contributed by atoms with Crippen molar-refractivity contribution in [2.45, 2.75) is 148 Å². The van der Waals surface area contributed by atoms with Crippen molar-refractivity contribution in [1.82, 2.24) is 0 Å². The van der Waals surface area contributed by atoms with Crippen LogP contribution in [0.3, 0.4) is 0 Å². The summed E-state index contributed by atoms with van der Waals surface area (Å²) in [5, 5.41) is 30.6. The van der Waals surface area contributed by atoms with E-state index >= 15 is 0 Å². The van der Waals surface area contributed by atoms with Crippen LogP contribution in [0.4, 0.5) is 0 Å². The van der Waals surface area contributed by atoms with Crippen LogP contribution in [0.5, 0.6) is 5.75 Å². The van der Waals surface area contributed by atoms with Crippen molar-refractivity contribution < 1.29 is 20.1 Å². The number of carboxylic acids is 1. The molecule has 4 unspecified atom stereocenters. The number of phenolic OH excluding ortho intramolecular Hbond substituents is 1. The first-order valence-corrected chi connectivity index (χ1v) is 16.6. The summed E-state index contributed by atoms with van der Waals surface area (Å²) in [5.41, 5.74) is 2.93. The number of fused-ring (bicyclic) bond motifs is 5. The van der Waals surface area contributed by atoms with Gasteiger partial charge in [0, 0.05) is 0 Å². The number of aromatic hydroxyl groups is 1. The van der Waals surface area contributed by atoms with E-state index in [9.17, 15) is 20.1 Å². The summed E-state index contributed by atoms with van der Waals surface area (Å²) < 4.78 is 0. The zero-order valence-electron chi connectivity index (χ0n) is 24.9. The Morgan fingerprint density at radius 1 is 0.949 bits per heavy atom. The highest BCUT2D eigenvalue weighted by Gasteiger charge is 2.56. The molecule has 2 saturated carbocycles. The quantitative estimate of drug-likeness (QED) is 0.183. The van der Waals surface area contributed by atoms with Crippen LogP contribution < -0.4 is 0 Å². The van der Waals surface area contributed by atoms with Crippen molar-refractivity contribution in [2.75, 3.05) is 0 Å². The molecule has 2 fully saturated rings. The monoisotopic (exact) mass is 540 g/mol. The summed E-state index contributed by atoms with van der Waals surface area (Å²) in [5.74, 6) is 2.19. The van der Waals surface area contributed by atoms with Crippen LogP contribution in [0.25, 0.3) is 0 Å². The summed E-state index contributed by atoms with van der Waals surface area (Å²) in [6.45, 7) is 4.55. The van der Waals surface area contributed by atoms with Gasteiger partial charge in [-0.3, -0.25) is 4.79 Å². The van der Waals surface area contributed by atoms with E-state index in [2.05, 4.69) is 19.9 Å². The fourth-order valence-corrected chi connectivity index (χ4v) is 8.92. The Bertz CT molecular complexity index is 912. The molecule has 1 aromatic rings. The maximum absolute atomic E-state index is 11.6. The predicted molar refractivity (Wildman–Crippen MR) is 159 cm³/mol. The first kappa shape index (κ1) is 30.4. The second kappa shape index (κ2) is 14.4. The molecule has 7 atom stereocenters. The largest absolute Gasteiger partial charge is 0.508 e. The summed E-state index contributed by atoms with van der Waals surface area (Å²) in [7, 11) is 0. The normalized spacial score (nSPS) is 30.4. The van der Waals surface area contributed by atoms with Gasteiger partial charge in [-0.15, -0.1) is 0 Å². The molecule has 4 heteroatoms. The molecule has 0 bridgehead atoms. The van der Waals surface area contributed by atoms with Gasteiger partial charge in [0.25, 0.3) is 0 Å². The molecule has 39 heavy (non-hydrogen) atoms. The summed E-state index contributed by atoms with van der Waals surface area (Å²) in [6.07, 6.45) is 21.5. The van der Waals surface area contributed by atoms with Gasteiger partial charge in [-0.2, -0.15) is 0 Å². The summed E-state index contributed by atoms with van der Waals surface area (Å²) in [6, 6.07) is 6.09. The van der Waals surface area contributed by atoms with Gasteiger partial charge in [0.05, 0.1) is 12.0 Å². The van der Waals surface area contributed by atoms with Crippen molar-refractivity contribution in [2.24, 2.45) is 29.1 Å². The molecule has 0 radical (unpaired) electrons. The molecule has 0 heterocycles. The van der Waals surface area contributed by atoms with Crippen molar-refractivity contribution >= 4 is 5.97 Å². The molecule has 0 aromatic heterocycles. The minimum absolute atomic E-state index is 0.0863. The molecule has 3 aliphatic carbocycles. The molecule has 4 nitrogen and oxygen atoms in total. The van der Waals surface area contributed by atoms with Gasteiger partial charge < -0.3 is 15.3 Å². The fourth-order valence-electron chi connectivity index (χ4n) is 8.92. The number of carbonyl (C=O) groups is 1. The highest BCUT2D eigenvalue weighted by atomic mass is 16.4. The number of carboxylic acid groups (broad SMARTS) is 1. The first-order valence-electron chi connectivity index (χ1n) is 16.6. The molecule has 0 aliphatic heterocycles. The van der Waals surface area contributed by atoms with E-state index in [1.807, 2.05) is 12.1 Å². The number of phenols is 1. The van der Waals surface area contributed by atoms with Crippen LogP contribution in [0, 0.1) is 29.1 Å². The van der Waals surface area contributed by atoms with E-state index in [4.69, 9.17) is 0 Å². The van der Waals surface area contributed by atoms with E-state index in [-0.39, 0.29) is 17.4 Å². The zero-order valence-corrected chi connectivity index (χ0v) is 24.9. The SMILES string of the molecule is CCCCCCC(CCCCCCCCC[C@@H]1Cc2cc(O)ccc2C2CC[C@@]3(C)C(CC[C@@H]3O)C21)C(=O)O. The molecule has 1 aromatic carbocycles. The summed E-state index contributed by atoms with van der Waals surface area (Å²) in [4.78, 5) is 11.6. The third-order valence-electron chi connectivity index (χ3n) is 11.2. The van der Waals surface area contributed by atoms with Gasteiger partial charge >= 0.3 is 5.97 Å². The van der Waals surface area contributed by atoms with Crippen LogP contribution in [0.1, 0.15) is 146 Å². The molecule has 3 N–H and O–H groups in total. The number of aliphatic hydroxyl groups is 1. The van der Waals surface area contributed by atoms with E-state index < -0.39 is 5.97 Å². The number of benzene rings is 1. The van der Waals surface area contributed by atoms with E-state index in [1.54, 1.807) is 0 Å². The number of hydrogen-bond acceptors (Lipinski definition) is 3. The Labute approximate surface area is 238 Å². The van der Waals surface area contributed by atoms with Crippen molar-refractivity contribution in [1.29, 1.82) is 0 Å². The Morgan fingerprint density at radius 3 is 2.31 bits per heavy atom. The average molecular weight is 541 g/mol. The lowest BCUT2D eigenvalue weighted by molar-refractivity contribution is -0.142. The average Bonchev–Trinajstić information content (AvgIpc) is 3.22. The van der Waals surface area contributed by atoms with E-state index in [1.165, 1.54) is 81.8 Å². The molecule has 0 spiro atoms. The Balaban J connectivity index is 1.20. The van der Waals surface area contributed by atoms with Crippen LogP contribution in [0.2, 0.25) is 0 Å². The molecule has 0 amide bonds. The van der Waals surface area contributed by atoms with Crippen molar-refractivity contribution in [3.05, 3.63) is 29.3 Å². The Kier molecular flexibility index (Phi) is 11.2. The number of unbranched alkanes of at least 4 members (excludes halogenated alkanes) is 9. The highest BCUT2D eigenvalue weighted by molar-refractivity contribution is 5.69. The molecule has 220 valence electrons. The molecule has 4 rings (SSSR count). The lowest BCUT2D eigenvalue weighted by Gasteiger charge is -2.53. The third kappa shape index (κ3) is 7.40. The zero-order chi connectivity index (χ0) is 27.8. The highest BCUT2D eigenvalue weighted by Crippen LogP contribution is 2.62. The second-order valence-corrected chi connectivity index (χ2v) is 13.7. The maximum atomic E-state index is 11.6. The summed E-state index contributed by atoms with van der Waals surface area (Å²) >= 11 is 0. The van der Waals surface area contributed by atoms with Gasteiger partial charge in [-0.05, 0) is 104 Å². The minimum Gasteiger partial charge on any atom is -0.508 e. The fraction of sp³-hybridized carbons (Fsp3) is 0.800. The maximum Gasteiger partial charge on any atom is 0.306 e. The lowest BCUT2D eigenvalue weighted by Crippen LogP contribution is -2.47. The molecular formula is C35H56O4. The van der Waals surface area contributed by atoms with E-state index in [0.717, 1.165) is 51.4 Å². The number of rotatable bonds is 16. The minimum atomic E-state index is -0.598. The van der Waals surface area contributed by atoms with Gasteiger partial charge in [0.15, 0.2) is 0 Å². The van der Waals surface area contributed by atoms with Gasteiger partial charge in [-0.25, -0.2) is 0 Å². The Hall–Kier alpha value is -1.55. The van der Waals surface area contributed by atoms with Crippen molar-refractivity contribution in [3.8, 4) is 5.75 Å². The number of hydrogen-bond donors (Lipinski definition) is 3. The van der Waals surface area contributed by atoms with Crippen molar-refractivity contribution in [3.63, 3.8) is 0 Å². The molecule has 0 saturated heterocycles. The first-order chi connectivity index (χ1) is 18.8. The van der Waals surface area contributed by atoms with Crippen LogP contribution in [0.15, 0.2) is 18.2 Å². The molecule has 3 aliphatic rings. The number of aliphatic hydroxyl groups excluding tert-OH is 1. The third-order valence-corrected chi connectivity index (χ3v) is 11.2.